The molecule has 0 radical (unpaired) electrons. The van der Waals surface area contributed by atoms with Gasteiger partial charge in [-0.25, -0.2) is 4.99 Å². The molecule has 3 rings (SSSR count). The van der Waals surface area contributed by atoms with Crippen molar-refractivity contribution in [2.24, 2.45) is 4.99 Å². The first-order chi connectivity index (χ1) is 8.86. The topological polar surface area (TPSA) is 54.8 Å². The third-order valence-electron chi connectivity index (χ3n) is 3.40. The number of hydrogen-bond donors (Lipinski definition) is 0. The number of pyridine rings is 1. The van der Waals surface area contributed by atoms with Crippen molar-refractivity contribution in [2.75, 3.05) is 13.1 Å². The molecule has 94 valence electrons. The maximum Gasteiger partial charge on any atom is 0.251 e. The van der Waals surface area contributed by atoms with Gasteiger partial charge in [-0.05, 0) is 18.9 Å². The number of nitrogens with zero attached hydrogens (tertiary/aromatic N) is 3. The van der Waals surface area contributed by atoms with Crippen LogP contribution < -0.4 is 0 Å². The van der Waals surface area contributed by atoms with Crippen LogP contribution in [0.2, 0.25) is 0 Å². The van der Waals surface area contributed by atoms with E-state index in [0.717, 1.165) is 31.5 Å². The Morgan fingerprint density at radius 2 is 2.22 bits per heavy atom. The van der Waals surface area contributed by atoms with E-state index < -0.39 is 6.04 Å². The fourth-order valence-electron chi connectivity index (χ4n) is 2.44. The molecular formula is C13H15N3O2. The molecule has 2 aliphatic heterocycles. The molecule has 0 bridgehead atoms. The highest BCUT2D eigenvalue weighted by Gasteiger charge is 2.37. The van der Waals surface area contributed by atoms with Crippen molar-refractivity contribution in [2.45, 2.75) is 25.0 Å². The first kappa shape index (κ1) is 11.2. The van der Waals surface area contributed by atoms with Gasteiger partial charge in [0.15, 0.2) is 18.5 Å². The van der Waals surface area contributed by atoms with Gasteiger partial charge in [0.25, 0.3) is 5.91 Å². The van der Waals surface area contributed by atoms with Crippen LogP contribution in [0.5, 0.6) is 0 Å². The van der Waals surface area contributed by atoms with Crippen LogP contribution >= 0.6 is 0 Å². The van der Waals surface area contributed by atoms with E-state index in [1.807, 2.05) is 17.0 Å². The average molecular weight is 245 g/mol. The van der Waals surface area contributed by atoms with Crippen LogP contribution in [-0.2, 0) is 9.53 Å². The third kappa shape index (κ3) is 1.96. The lowest BCUT2D eigenvalue weighted by Gasteiger charge is -2.22. The Bertz CT molecular complexity index is 455. The molecule has 1 amide bonds. The summed E-state index contributed by atoms with van der Waals surface area (Å²) in [4.78, 5) is 22.5. The maximum atomic E-state index is 12.3. The van der Waals surface area contributed by atoms with Gasteiger partial charge in [-0.3, -0.25) is 9.78 Å². The summed E-state index contributed by atoms with van der Waals surface area (Å²) < 4.78 is 5.45. The molecule has 1 unspecified atom stereocenters. The van der Waals surface area contributed by atoms with Crippen LogP contribution in [0, 0.1) is 0 Å². The van der Waals surface area contributed by atoms with E-state index >= 15 is 0 Å². The Hall–Kier alpha value is -1.91. The summed E-state index contributed by atoms with van der Waals surface area (Å²) in [5.41, 5.74) is 0.896. The molecule has 5 heteroatoms. The van der Waals surface area contributed by atoms with Gasteiger partial charge in [-0.15, -0.1) is 0 Å². The molecule has 0 saturated carbocycles. The van der Waals surface area contributed by atoms with Crippen LogP contribution in [0.4, 0.5) is 0 Å². The zero-order valence-electron chi connectivity index (χ0n) is 10.0. The van der Waals surface area contributed by atoms with Crippen molar-refractivity contribution in [1.29, 1.82) is 0 Å². The van der Waals surface area contributed by atoms with Gasteiger partial charge >= 0.3 is 0 Å². The molecular weight excluding hydrogens is 230 g/mol. The second-order valence-electron chi connectivity index (χ2n) is 4.57. The van der Waals surface area contributed by atoms with Crippen molar-refractivity contribution < 1.29 is 9.53 Å². The fourth-order valence-corrected chi connectivity index (χ4v) is 2.44. The average Bonchev–Trinajstić information content (AvgIpc) is 3.10. The Morgan fingerprint density at radius 3 is 2.94 bits per heavy atom. The summed E-state index contributed by atoms with van der Waals surface area (Å²) in [6.07, 6.45) is 6.66. The molecule has 2 atom stereocenters. The highest BCUT2D eigenvalue weighted by molar-refractivity contribution is 5.85. The third-order valence-corrected chi connectivity index (χ3v) is 3.40. The second-order valence-corrected chi connectivity index (χ2v) is 4.57. The predicted molar refractivity (Wildman–Crippen MR) is 66.2 cm³/mol. The SMILES string of the molecule is O=C([C@H]1N=COC1c1cccnc1)N1CCCC1. The number of aromatic nitrogens is 1. The van der Waals surface area contributed by atoms with E-state index in [2.05, 4.69) is 9.98 Å². The van der Waals surface area contributed by atoms with Crippen molar-refractivity contribution in [3.05, 3.63) is 30.1 Å². The van der Waals surface area contributed by atoms with Gasteiger partial charge in [0, 0.05) is 31.0 Å². The minimum atomic E-state index is -0.452. The maximum absolute atomic E-state index is 12.3. The second kappa shape index (κ2) is 4.76. The summed E-state index contributed by atoms with van der Waals surface area (Å²) in [6, 6.07) is 3.30. The summed E-state index contributed by atoms with van der Waals surface area (Å²) in [5, 5.41) is 0. The van der Waals surface area contributed by atoms with Crippen LogP contribution in [0.25, 0.3) is 0 Å². The normalized spacial score (nSPS) is 26.3. The minimum Gasteiger partial charge on any atom is -0.473 e. The summed E-state index contributed by atoms with van der Waals surface area (Å²) in [6.45, 7) is 1.68. The number of carbonyl (C=O) groups is 1. The molecule has 0 N–H and O–H groups in total. The number of rotatable bonds is 2. The molecule has 0 aromatic carbocycles. The molecule has 18 heavy (non-hydrogen) atoms. The van der Waals surface area contributed by atoms with E-state index in [0.29, 0.717) is 0 Å². The smallest absolute Gasteiger partial charge is 0.251 e. The quantitative estimate of drug-likeness (QED) is 0.786. The molecule has 0 spiro atoms. The molecule has 1 aromatic heterocycles. The number of amides is 1. The first-order valence-corrected chi connectivity index (χ1v) is 6.22. The van der Waals surface area contributed by atoms with Gasteiger partial charge in [0.2, 0.25) is 0 Å². The highest BCUT2D eigenvalue weighted by atomic mass is 16.5. The largest absolute Gasteiger partial charge is 0.473 e. The van der Waals surface area contributed by atoms with Crippen molar-refractivity contribution >= 4 is 12.3 Å². The summed E-state index contributed by atoms with van der Waals surface area (Å²) in [7, 11) is 0. The molecule has 3 heterocycles. The van der Waals surface area contributed by atoms with Crippen LogP contribution in [0.15, 0.2) is 29.5 Å². The zero-order chi connectivity index (χ0) is 12.4. The number of carbonyl (C=O) groups excluding carboxylic acids is 1. The van der Waals surface area contributed by atoms with Gasteiger partial charge in [0.1, 0.15) is 0 Å². The van der Waals surface area contributed by atoms with Gasteiger partial charge in [-0.1, -0.05) is 6.07 Å². The highest BCUT2D eigenvalue weighted by Crippen LogP contribution is 2.28. The molecule has 0 aliphatic carbocycles. The lowest BCUT2D eigenvalue weighted by Crippen LogP contribution is -2.38. The van der Waals surface area contributed by atoms with Gasteiger partial charge in [-0.2, -0.15) is 0 Å². The molecule has 1 aromatic rings. The standard InChI is InChI=1S/C13H15N3O2/c17-13(16-6-1-2-7-16)11-12(18-9-15-11)10-4-3-5-14-8-10/h3-5,8-9,11-12H,1-2,6-7H2/t11-,12?/m0/s1. The molecule has 5 nitrogen and oxygen atoms in total. The Kier molecular flexibility index (Phi) is 2.96. The van der Waals surface area contributed by atoms with E-state index in [1.165, 1.54) is 6.40 Å². The lowest BCUT2D eigenvalue weighted by atomic mass is 10.0. The molecule has 1 fully saturated rings. The molecule has 1 saturated heterocycles. The first-order valence-electron chi connectivity index (χ1n) is 6.22. The Labute approximate surface area is 105 Å². The lowest BCUT2D eigenvalue weighted by molar-refractivity contribution is -0.133. The van der Waals surface area contributed by atoms with Crippen molar-refractivity contribution in [3.63, 3.8) is 0 Å². The number of aliphatic imine (C=N–C) groups is 1. The van der Waals surface area contributed by atoms with E-state index in [4.69, 9.17) is 4.74 Å². The fraction of sp³-hybridized carbons (Fsp3) is 0.462. The van der Waals surface area contributed by atoms with E-state index in [9.17, 15) is 4.79 Å². The monoisotopic (exact) mass is 245 g/mol. The zero-order valence-corrected chi connectivity index (χ0v) is 10.0. The van der Waals surface area contributed by atoms with Crippen LogP contribution in [-0.4, -0.2) is 41.3 Å². The number of hydrogen-bond acceptors (Lipinski definition) is 4. The Balaban J connectivity index is 1.78. The number of ether oxygens (including phenoxy) is 1. The van der Waals surface area contributed by atoms with E-state index in [-0.39, 0.29) is 12.0 Å². The van der Waals surface area contributed by atoms with Gasteiger partial charge < -0.3 is 9.64 Å². The van der Waals surface area contributed by atoms with Crippen molar-refractivity contribution in [3.8, 4) is 0 Å². The number of likely N-dealkylation sites (tertiary alicyclic amines) is 1. The summed E-state index contributed by atoms with van der Waals surface area (Å²) in [5.74, 6) is 0.0649. The van der Waals surface area contributed by atoms with Crippen LogP contribution in [0.3, 0.4) is 0 Å². The van der Waals surface area contributed by atoms with Gasteiger partial charge in [0.05, 0.1) is 0 Å². The predicted octanol–water partition coefficient (Wildman–Crippen LogP) is 1.17. The molecule has 2 aliphatic rings. The van der Waals surface area contributed by atoms with Crippen molar-refractivity contribution in [1.82, 2.24) is 9.88 Å². The minimum absolute atomic E-state index is 0.0649. The Morgan fingerprint density at radius 1 is 1.39 bits per heavy atom. The summed E-state index contributed by atoms with van der Waals surface area (Å²) >= 11 is 0. The van der Waals surface area contributed by atoms with E-state index in [1.54, 1.807) is 12.4 Å². The van der Waals surface area contributed by atoms with Crippen LogP contribution in [0.1, 0.15) is 24.5 Å².